The van der Waals surface area contributed by atoms with Gasteiger partial charge in [0, 0.05) is 5.56 Å². The molecule has 1 aromatic carbocycles. The third kappa shape index (κ3) is 3.61. The molecule has 32 heavy (non-hydrogen) atoms. The van der Waals surface area contributed by atoms with E-state index in [1.54, 1.807) is 26.0 Å². The molecule has 9 nitrogen and oxygen atoms in total. The molecule has 0 N–H and O–H groups in total. The maximum Gasteiger partial charge on any atom is 0.347 e. The number of allylic oxidation sites excluding steroid dienone is 2. The number of hydrogen-bond donors (Lipinski definition) is 0. The molecule has 5 unspecified atom stereocenters. The van der Waals surface area contributed by atoms with Crippen LogP contribution in [0.3, 0.4) is 0 Å². The van der Waals surface area contributed by atoms with Crippen LogP contribution in [0.5, 0.6) is 17.2 Å². The Morgan fingerprint density at radius 3 is 2.19 bits per heavy atom. The van der Waals surface area contributed by atoms with Crippen molar-refractivity contribution in [3.05, 3.63) is 29.8 Å². The van der Waals surface area contributed by atoms with Gasteiger partial charge in [0.05, 0.1) is 38.9 Å². The number of rotatable bonds is 8. The summed E-state index contributed by atoms with van der Waals surface area (Å²) in [6.07, 6.45) is 5.48. The summed E-state index contributed by atoms with van der Waals surface area (Å²) < 4.78 is 21.5. The summed E-state index contributed by atoms with van der Waals surface area (Å²) in [6, 6.07) is 3.24. The SMILES string of the molecule is CCOC(=O)C(C)Oc1c(OC)cc(C=NN2C(=O)C3C4C=CC(C4)C3C2=O)cc1OC. The van der Waals surface area contributed by atoms with Gasteiger partial charge in [0.15, 0.2) is 17.6 Å². The lowest BCUT2D eigenvalue weighted by atomic mass is 9.85. The first-order chi connectivity index (χ1) is 15.4. The minimum absolute atomic E-state index is 0.125. The van der Waals surface area contributed by atoms with Crippen molar-refractivity contribution >= 4 is 24.0 Å². The van der Waals surface area contributed by atoms with E-state index in [0.717, 1.165) is 11.4 Å². The minimum atomic E-state index is -0.875. The minimum Gasteiger partial charge on any atom is -0.493 e. The number of carbonyl (C=O) groups excluding carboxylic acids is 3. The van der Waals surface area contributed by atoms with E-state index >= 15 is 0 Å². The van der Waals surface area contributed by atoms with E-state index < -0.39 is 12.1 Å². The Hall–Kier alpha value is -3.36. The van der Waals surface area contributed by atoms with Gasteiger partial charge in [-0.2, -0.15) is 10.1 Å². The van der Waals surface area contributed by atoms with Crippen LogP contribution in [-0.2, 0) is 19.1 Å². The smallest absolute Gasteiger partial charge is 0.347 e. The Kier molecular flexibility index (Phi) is 5.90. The van der Waals surface area contributed by atoms with Crippen LogP contribution in [0.25, 0.3) is 0 Å². The molecule has 2 fully saturated rings. The fourth-order valence-electron chi connectivity index (χ4n) is 4.70. The lowest BCUT2D eigenvalue weighted by Gasteiger charge is -2.18. The van der Waals surface area contributed by atoms with E-state index in [2.05, 4.69) is 5.10 Å². The quantitative estimate of drug-likeness (QED) is 0.263. The van der Waals surface area contributed by atoms with E-state index in [4.69, 9.17) is 18.9 Å². The number of nitrogens with zero attached hydrogens (tertiary/aromatic N) is 2. The summed E-state index contributed by atoms with van der Waals surface area (Å²) in [6.45, 7) is 3.52. The van der Waals surface area contributed by atoms with Crippen molar-refractivity contribution in [1.82, 2.24) is 5.01 Å². The molecule has 2 bridgehead atoms. The Bertz CT molecular complexity index is 947. The van der Waals surface area contributed by atoms with Crippen LogP contribution in [0.15, 0.2) is 29.4 Å². The van der Waals surface area contributed by atoms with Gasteiger partial charge < -0.3 is 18.9 Å². The second-order valence-corrected chi connectivity index (χ2v) is 8.00. The maximum absolute atomic E-state index is 12.8. The molecule has 9 heteroatoms. The molecule has 1 saturated heterocycles. The van der Waals surface area contributed by atoms with Crippen LogP contribution in [0.2, 0.25) is 0 Å². The molecule has 1 heterocycles. The molecule has 2 aliphatic carbocycles. The van der Waals surface area contributed by atoms with Crippen LogP contribution in [-0.4, -0.2) is 55.9 Å². The van der Waals surface area contributed by atoms with Crippen molar-refractivity contribution in [1.29, 1.82) is 0 Å². The Morgan fingerprint density at radius 1 is 1.12 bits per heavy atom. The maximum atomic E-state index is 12.8. The summed E-state index contributed by atoms with van der Waals surface area (Å²) in [5, 5.41) is 5.16. The molecule has 2 amide bonds. The lowest BCUT2D eigenvalue weighted by Crippen LogP contribution is -2.28. The van der Waals surface area contributed by atoms with Crippen molar-refractivity contribution in [2.45, 2.75) is 26.4 Å². The summed E-state index contributed by atoms with van der Waals surface area (Å²) in [5.41, 5.74) is 0.536. The normalized spacial score (nSPS) is 26.6. The summed E-state index contributed by atoms with van der Waals surface area (Å²) in [7, 11) is 2.91. The number of hydrogen-bond acceptors (Lipinski definition) is 8. The largest absolute Gasteiger partial charge is 0.493 e. The molecular weight excluding hydrogens is 416 g/mol. The first kappa shape index (κ1) is 21.9. The number of benzene rings is 1. The molecule has 4 rings (SSSR count). The van der Waals surface area contributed by atoms with Gasteiger partial charge in [-0.25, -0.2) is 4.79 Å². The Morgan fingerprint density at radius 2 is 1.69 bits per heavy atom. The number of hydrazone groups is 1. The molecule has 170 valence electrons. The van der Waals surface area contributed by atoms with Crippen LogP contribution in [0, 0.1) is 23.7 Å². The predicted octanol–water partition coefficient (Wildman–Crippen LogP) is 2.18. The van der Waals surface area contributed by atoms with E-state index in [1.807, 2.05) is 12.2 Å². The fourth-order valence-corrected chi connectivity index (χ4v) is 4.70. The van der Waals surface area contributed by atoms with E-state index in [-0.39, 0.29) is 47.8 Å². The molecule has 0 spiro atoms. The summed E-state index contributed by atoms with van der Waals surface area (Å²) in [4.78, 5) is 37.5. The van der Waals surface area contributed by atoms with Crippen molar-refractivity contribution in [3.63, 3.8) is 0 Å². The van der Waals surface area contributed by atoms with Crippen LogP contribution in [0.1, 0.15) is 25.8 Å². The number of ether oxygens (including phenoxy) is 4. The van der Waals surface area contributed by atoms with Crippen molar-refractivity contribution in [2.75, 3.05) is 20.8 Å². The van der Waals surface area contributed by atoms with Gasteiger partial charge in [0.1, 0.15) is 0 Å². The number of methoxy groups -OCH3 is 2. The van der Waals surface area contributed by atoms with Crippen molar-refractivity contribution in [3.8, 4) is 17.2 Å². The third-order valence-corrected chi connectivity index (χ3v) is 6.17. The molecule has 0 radical (unpaired) electrons. The molecule has 3 aliphatic rings. The van der Waals surface area contributed by atoms with E-state index in [1.165, 1.54) is 20.4 Å². The standard InChI is InChI=1S/C23H26N2O7/c1-5-31-23(28)12(2)32-20-16(29-3)8-13(9-17(20)30-4)11-24-25-21(26)18-14-6-7-15(10-14)19(18)22(25)27/h6-9,11-12,14-15,18-19H,5,10H2,1-4H3. The average Bonchev–Trinajstić information content (AvgIpc) is 3.47. The zero-order valence-electron chi connectivity index (χ0n) is 18.4. The van der Waals surface area contributed by atoms with Crippen LogP contribution in [0.4, 0.5) is 0 Å². The second-order valence-electron chi connectivity index (χ2n) is 8.00. The zero-order chi connectivity index (χ0) is 23.0. The van der Waals surface area contributed by atoms with Gasteiger partial charge >= 0.3 is 5.97 Å². The molecule has 0 aromatic heterocycles. The molecule has 5 atom stereocenters. The van der Waals surface area contributed by atoms with E-state index in [0.29, 0.717) is 17.1 Å². The van der Waals surface area contributed by atoms with Gasteiger partial charge in [-0.15, -0.1) is 0 Å². The summed E-state index contributed by atoms with van der Waals surface area (Å²) in [5.74, 6) is -0.539. The highest BCUT2D eigenvalue weighted by atomic mass is 16.6. The molecule has 1 saturated carbocycles. The Balaban J connectivity index is 1.56. The Labute approximate surface area is 185 Å². The number of carbonyl (C=O) groups is 3. The zero-order valence-corrected chi connectivity index (χ0v) is 18.4. The monoisotopic (exact) mass is 442 g/mol. The molecule has 1 aromatic rings. The van der Waals surface area contributed by atoms with Gasteiger partial charge in [0.2, 0.25) is 5.75 Å². The lowest BCUT2D eigenvalue weighted by molar-refractivity contribution is -0.150. The highest BCUT2D eigenvalue weighted by molar-refractivity contribution is 6.06. The van der Waals surface area contributed by atoms with Gasteiger partial charge in [-0.05, 0) is 44.2 Å². The first-order valence-electron chi connectivity index (χ1n) is 10.6. The second kappa shape index (κ2) is 8.64. The fraction of sp³-hybridized carbons (Fsp3) is 0.478. The van der Waals surface area contributed by atoms with Crippen LogP contribution < -0.4 is 14.2 Å². The summed E-state index contributed by atoms with van der Waals surface area (Å²) >= 11 is 0. The van der Waals surface area contributed by atoms with Gasteiger partial charge in [-0.3, -0.25) is 9.59 Å². The van der Waals surface area contributed by atoms with Gasteiger partial charge in [0.25, 0.3) is 11.8 Å². The van der Waals surface area contributed by atoms with Gasteiger partial charge in [-0.1, -0.05) is 12.2 Å². The highest BCUT2D eigenvalue weighted by Gasteiger charge is 2.59. The number of fused-ring (bicyclic) bond motifs is 5. The highest BCUT2D eigenvalue weighted by Crippen LogP contribution is 2.52. The van der Waals surface area contributed by atoms with Crippen molar-refractivity contribution in [2.24, 2.45) is 28.8 Å². The van der Waals surface area contributed by atoms with Crippen LogP contribution >= 0.6 is 0 Å². The molecule has 1 aliphatic heterocycles. The number of amides is 2. The third-order valence-electron chi connectivity index (χ3n) is 6.17. The first-order valence-corrected chi connectivity index (χ1v) is 10.6. The van der Waals surface area contributed by atoms with E-state index in [9.17, 15) is 14.4 Å². The average molecular weight is 442 g/mol. The molecular formula is C23H26N2O7. The topological polar surface area (TPSA) is 104 Å². The number of imide groups is 1. The van der Waals surface area contributed by atoms with Crippen molar-refractivity contribution < 1.29 is 33.3 Å². The predicted molar refractivity (Wildman–Crippen MR) is 113 cm³/mol. The number of esters is 1.